The molecular formula is C26H27FN2. The van der Waals surface area contributed by atoms with Crippen LogP contribution in [0.3, 0.4) is 0 Å². The van der Waals surface area contributed by atoms with Gasteiger partial charge in [0.25, 0.3) is 0 Å². The molecule has 29 heavy (non-hydrogen) atoms. The smallest absolute Gasteiger partial charge is 0.159 e. The molecule has 1 unspecified atom stereocenters. The number of halogens is 1. The summed E-state index contributed by atoms with van der Waals surface area (Å²) in [5.41, 5.74) is 5.55. The molecule has 0 fully saturated rings. The van der Waals surface area contributed by atoms with Crippen LogP contribution in [-0.2, 0) is 6.42 Å². The summed E-state index contributed by atoms with van der Waals surface area (Å²) in [6.07, 6.45) is 12.3. The second-order valence-electron chi connectivity index (χ2n) is 7.22. The van der Waals surface area contributed by atoms with Crippen LogP contribution in [-0.4, -0.2) is 16.1 Å². The molecule has 3 rings (SSSR count). The van der Waals surface area contributed by atoms with Gasteiger partial charge in [0.05, 0.1) is 6.17 Å². The number of hydrogen-bond acceptors (Lipinski definition) is 2. The maximum Gasteiger partial charge on any atom is 0.159 e. The highest BCUT2D eigenvalue weighted by Crippen LogP contribution is 2.24. The van der Waals surface area contributed by atoms with Crippen molar-refractivity contribution in [2.24, 2.45) is 0 Å². The average Bonchev–Trinajstić information content (AvgIpc) is 2.75. The average molecular weight is 387 g/mol. The van der Waals surface area contributed by atoms with Crippen molar-refractivity contribution in [3.8, 4) is 22.5 Å². The number of hydrogen-bond donors (Lipinski definition) is 0. The van der Waals surface area contributed by atoms with E-state index in [1.807, 2.05) is 18.5 Å². The van der Waals surface area contributed by atoms with E-state index in [-0.39, 0.29) is 0 Å². The van der Waals surface area contributed by atoms with Crippen LogP contribution in [0.2, 0.25) is 0 Å². The van der Waals surface area contributed by atoms with Crippen molar-refractivity contribution >= 4 is 6.08 Å². The Hall–Kier alpha value is -3.07. The summed E-state index contributed by atoms with van der Waals surface area (Å²) in [5, 5.41) is 0. The highest BCUT2D eigenvalue weighted by Gasteiger charge is 2.03. The maximum absolute atomic E-state index is 12.8. The Morgan fingerprint density at radius 3 is 2.10 bits per heavy atom. The molecular weight excluding hydrogens is 359 g/mol. The van der Waals surface area contributed by atoms with Crippen LogP contribution < -0.4 is 0 Å². The molecule has 2 nitrogen and oxygen atoms in total. The number of benzene rings is 2. The summed E-state index contributed by atoms with van der Waals surface area (Å²) in [6, 6.07) is 16.8. The fourth-order valence-corrected chi connectivity index (χ4v) is 3.11. The van der Waals surface area contributed by atoms with E-state index in [0.29, 0.717) is 6.42 Å². The zero-order valence-corrected chi connectivity index (χ0v) is 16.9. The van der Waals surface area contributed by atoms with Crippen molar-refractivity contribution in [2.75, 3.05) is 0 Å². The van der Waals surface area contributed by atoms with E-state index >= 15 is 0 Å². The number of rotatable bonds is 9. The highest BCUT2D eigenvalue weighted by molar-refractivity contribution is 5.69. The van der Waals surface area contributed by atoms with Crippen molar-refractivity contribution < 1.29 is 4.39 Å². The topological polar surface area (TPSA) is 25.8 Å². The van der Waals surface area contributed by atoms with Gasteiger partial charge in [-0.2, -0.15) is 0 Å². The van der Waals surface area contributed by atoms with Crippen molar-refractivity contribution in [2.45, 2.75) is 38.8 Å². The maximum atomic E-state index is 12.8. The summed E-state index contributed by atoms with van der Waals surface area (Å²) < 4.78 is 12.8. The van der Waals surface area contributed by atoms with E-state index in [9.17, 15) is 4.39 Å². The van der Waals surface area contributed by atoms with E-state index in [1.54, 1.807) is 6.92 Å². The lowest BCUT2D eigenvalue weighted by Crippen LogP contribution is -1.91. The lowest BCUT2D eigenvalue weighted by Gasteiger charge is -2.05. The second kappa shape index (κ2) is 10.5. The minimum absolute atomic E-state index is 0.628. The highest BCUT2D eigenvalue weighted by atomic mass is 19.1. The molecule has 0 amide bonds. The molecule has 0 aliphatic heterocycles. The van der Waals surface area contributed by atoms with Crippen molar-refractivity contribution in [3.63, 3.8) is 0 Å². The third-order valence-corrected chi connectivity index (χ3v) is 4.76. The summed E-state index contributed by atoms with van der Waals surface area (Å²) in [4.78, 5) is 8.89. The minimum atomic E-state index is -0.711. The summed E-state index contributed by atoms with van der Waals surface area (Å²) in [7, 11) is 0. The van der Waals surface area contributed by atoms with Crippen LogP contribution >= 0.6 is 0 Å². The zero-order chi connectivity index (χ0) is 20.5. The van der Waals surface area contributed by atoms with Gasteiger partial charge in [0.1, 0.15) is 0 Å². The number of unbranched alkanes of at least 4 members (excludes halogenated alkanes) is 1. The Kier molecular flexibility index (Phi) is 7.46. The Morgan fingerprint density at radius 1 is 0.931 bits per heavy atom. The molecule has 3 heteroatoms. The van der Waals surface area contributed by atoms with Crippen LogP contribution in [0, 0.1) is 0 Å². The van der Waals surface area contributed by atoms with Crippen LogP contribution in [0.4, 0.5) is 4.39 Å². The molecule has 1 aromatic heterocycles. The van der Waals surface area contributed by atoms with Crippen molar-refractivity contribution in [1.29, 1.82) is 0 Å². The second-order valence-corrected chi connectivity index (χ2v) is 7.22. The number of aromatic nitrogens is 2. The van der Waals surface area contributed by atoms with Crippen LogP contribution in [0.1, 0.15) is 37.3 Å². The van der Waals surface area contributed by atoms with E-state index in [0.717, 1.165) is 47.3 Å². The van der Waals surface area contributed by atoms with Gasteiger partial charge >= 0.3 is 0 Å². The molecule has 0 N–H and O–H groups in total. The first-order valence-corrected chi connectivity index (χ1v) is 10.1. The van der Waals surface area contributed by atoms with Gasteiger partial charge in [0.15, 0.2) is 5.82 Å². The first-order valence-electron chi connectivity index (χ1n) is 10.1. The van der Waals surface area contributed by atoms with E-state index < -0.39 is 6.17 Å². The Bertz CT molecular complexity index is 924. The molecule has 0 saturated carbocycles. The predicted octanol–water partition coefficient (Wildman–Crippen LogP) is 7.08. The van der Waals surface area contributed by atoms with Crippen molar-refractivity contribution in [1.82, 2.24) is 9.97 Å². The normalized spacial score (nSPS) is 12.2. The van der Waals surface area contributed by atoms with Gasteiger partial charge < -0.3 is 0 Å². The van der Waals surface area contributed by atoms with Gasteiger partial charge in [-0.15, -0.1) is 6.58 Å². The molecule has 3 aromatic rings. The first kappa shape index (κ1) is 20.7. The molecule has 0 spiro atoms. The molecule has 0 saturated heterocycles. The van der Waals surface area contributed by atoms with Crippen molar-refractivity contribution in [3.05, 3.63) is 90.8 Å². The van der Waals surface area contributed by atoms with E-state index in [4.69, 9.17) is 0 Å². The summed E-state index contributed by atoms with van der Waals surface area (Å²) >= 11 is 0. The van der Waals surface area contributed by atoms with Crippen LogP contribution in [0.5, 0.6) is 0 Å². The molecule has 0 aliphatic rings. The lowest BCUT2D eigenvalue weighted by atomic mass is 10.0. The molecule has 0 aliphatic carbocycles. The quantitative estimate of drug-likeness (QED) is 0.290. The fraction of sp³-hybridized carbons (Fsp3) is 0.231. The standard InChI is InChI=1S/C26H27FN2/c1-3-7-22-18-28-26(29-19-22)25-16-14-24(15-17-25)23-12-10-21(11-13-23)9-6-4-5-8-20(2)27/h3,6,9-20H,1,4-5,7-8H2,2H3/b9-6+. The van der Waals surface area contributed by atoms with Gasteiger partial charge in [-0.25, -0.2) is 14.4 Å². The molecule has 1 atom stereocenters. The first-order chi connectivity index (χ1) is 14.2. The Labute approximate surface area is 172 Å². The monoisotopic (exact) mass is 386 g/mol. The fourth-order valence-electron chi connectivity index (χ4n) is 3.11. The molecule has 0 bridgehead atoms. The molecule has 0 radical (unpaired) electrons. The van der Waals surface area contributed by atoms with Gasteiger partial charge in [0, 0.05) is 18.0 Å². The minimum Gasteiger partial charge on any atom is -0.248 e. The van der Waals surface area contributed by atoms with Crippen LogP contribution in [0.25, 0.3) is 28.6 Å². The largest absolute Gasteiger partial charge is 0.248 e. The SMILES string of the molecule is C=CCc1cnc(-c2ccc(-c3ccc(/C=C/CCCC(C)F)cc3)cc2)nc1. The van der Waals surface area contributed by atoms with Gasteiger partial charge in [-0.3, -0.25) is 0 Å². The predicted molar refractivity (Wildman–Crippen MR) is 120 cm³/mol. The Balaban J connectivity index is 1.62. The van der Waals surface area contributed by atoms with E-state index in [1.165, 1.54) is 5.56 Å². The zero-order valence-electron chi connectivity index (χ0n) is 16.9. The number of nitrogens with zero attached hydrogens (tertiary/aromatic N) is 2. The lowest BCUT2D eigenvalue weighted by molar-refractivity contribution is 0.335. The number of allylic oxidation sites excluding steroid dienone is 2. The molecule has 2 aromatic carbocycles. The van der Waals surface area contributed by atoms with Gasteiger partial charge in [-0.1, -0.05) is 66.8 Å². The third kappa shape index (κ3) is 6.21. The Morgan fingerprint density at radius 2 is 1.52 bits per heavy atom. The molecule has 148 valence electrons. The summed E-state index contributed by atoms with van der Waals surface area (Å²) in [5.74, 6) is 0.729. The van der Waals surface area contributed by atoms with E-state index in [2.05, 4.69) is 77.2 Å². The van der Waals surface area contributed by atoms with Gasteiger partial charge in [0.2, 0.25) is 0 Å². The van der Waals surface area contributed by atoms with Crippen LogP contribution in [0.15, 0.2) is 79.7 Å². The van der Waals surface area contributed by atoms with Gasteiger partial charge in [-0.05, 0) is 54.9 Å². The molecule has 1 heterocycles. The third-order valence-electron chi connectivity index (χ3n) is 4.76. The summed E-state index contributed by atoms with van der Waals surface area (Å²) in [6.45, 7) is 5.35. The number of alkyl halides is 1.